The van der Waals surface area contributed by atoms with Crippen molar-refractivity contribution in [3.63, 3.8) is 0 Å². The van der Waals surface area contributed by atoms with Gasteiger partial charge in [-0.1, -0.05) is 18.5 Å². The van der Waals surface area contributed by atoms with Crippen molar-refractivity contribution in [2.45, 2.75) is 13.3 Å². The first-order valence-electron chi connectivity index (χ1n) is 6.34. The number of non-ortho nitro benzene ring substituents is 1. The molecule has 7 nitrogen and oxygen atoms in total. The van der Waals surface area contributed by atoms with Gasteiger partial charge in [-0.3, -0.25) is 19.7 Å². The lowest BCUT2D eigenvalue weighted by Crippen LogP contribution is -2.40. The number of carbonyl (C=O) groups is 2. The zero-order valence-electron chi connectivity index (χ0n) is 11.8. The van der Waals surface area contributed by atoms with Crippen LogP contribution in [-0.4, -0.2) is 41.8 Å². The third-order valence-corrected chi connectivity index (χ3v) is 3.10. The second-order valence-corrected chi connectivity index (χ2v) is 4.73. The Morgan fingerprint density at radius 1 is 1.43 bits per heavy atom. The Balaban J connectivity index is 3.03. The molecule has 114 valence electrons. The highest BCUT2D eigenvalue weighted by molar-refractivity contribution is 6.34. The van der Waals surface area contributed by atoms with Gasteiger partial charge >= 0.3 is 0 Å². The number of nitrogens with one attached hydrogen (secondary N) is 1. The third-order valence-electron chi connectivity index (χ3n) is 2.79. The summed E-state index contributed by atoms with van der Waals surface area (Å²) in [7, 11) is 1.48. The molecule has 8 heteroatoms. The molecule has 0 aliphatic heterocycles. The second kappa shape index (κ2) is 7.58. The van der Waals surface area contributed by atoms with Gasteiger partial charge in [-0.2, -0.15) is 0 Å². The normalized spacial score (nSPS) is 10.0. The number of likely N-dealkylation sites (N-methyl/N-ethyl adjacent to an activating group) is 1. The predicted molar refractivity (Wildman–Crippen MR) is 78.4 cm³/mol. The van der Waals surface area contributed by atoms with Crippen molar-refractivity contribution in [3.05, 3.63) is 38.9 Å². The number of nitrogens with zero attached hydrogens (tertiary/aromatic N) is 2. The predicted octanol–water partition coefficient (Wildman–Crippen LogP) is 1.85. The van der Waals surface area contributed by atoms with Gasteiger partial charge in [0.15, 0.2) is 0 Å². The molecule has 0 heterocycles. The minimum absolute atomic E-state index is 0.00721. The van der Waals surface area contributed by atoms with Crippen molar-refractivity contribution in [1.82, 2.24) is 10.2 Å². The molecule has 0 saturated heterocycles. The van der Waals surface area contributed by atoms with Crippen molar-refractivity contribution in [1.29, 1.82) is 0 Å². The van der Waals surface area contributed by atoms with E-state index < -0.39 is 10.8 Å². The summed E-state index contributed by atoms with van der Waals surface area (Å²) in [6.45, 7) is 2.18. The molecule has 1 N–H and O–H groups in total. The Bertz CT molecular complexity index is 562. The van der Waals surface area contributed by atoms with Crippen LogP contribution >= 0.6 is 11.6 Å². The Hall–Kier alpha value is -2.15. The SMILES string of the molecule is CCCN(CC(=O)NC)C(=O)c1ccc([N+](=O)[O-])cc1Cl. The van der Waals surface area contributed by atoms with Crippen LogP contribution in [0, 0.1) is 10.1 Å². The standard InChI is InChI=1S/C13H16ClN3O4/c1-3-6-16(8-12(18)15-2)13(19)10-5-4-9(17(20)21)7-11(10)14/h4-5,7H,3,6,8H2,1-2H3,(H,15,18). The minimum Gasteiger partial charge on any atom is -0.358 e. The fourth-order valence-electron chi connectivity index (χ4n) is 1.74. The first-order valence-corrected chi connectivity index (χ1v) is 6.72. The molecule has 0 bridgehead atoms. The molecular weight excluding hydrogens is 298 g/mol. The summed E-state index contributed by atoms with van der Waals surface area (Å²) in [5.74, 6) is -0.727. The molecule has 0 atom stereocenters. The fraction of sp³-hybridized carbons (Fsp3) is 0.385. The number of benzene rings is 1. The Morgan fingerprint density at radius 2 is 2.10 bits per heavy atom. The Kier molecular flexibility index (Phi) is 6.10. The van der Waals surface area contributed by atoms with Crippen LogP contribution in [0.3, 0.4) is 0 Å². The summed E-state index contributed by atoms with van der Waals surface area (Å²) in [5.41, 5.74) is -0.0514. The lowest BCUT2D eigenvalue weighted by Gasteiger charge is -2.21. The van der Waals surface area contributed by atoms with Crippen molar-refractivity contribution in [2.75, 3.05) is 20.1 Å². The first-order chi connectivity index (χ1) is 9.90. The van der Waals surface area contributed by atoms with Crippen LogP contribution in [0.1, 0.15) is 23.7 Å². The van der Waals surface area contributed by atoms with Crippen molar-refractivity contribution in [2.24, 2.45) is 0 Å². The van der Waals surface area contributed by atoms with Crippen LogP contribution in [0.4, 0.5) is 5.69 Å². The summed E-state index contributed by atoms with van der Waals surface area (Å²) in [6.07, 6.45) is 0.674. The molecule has 1 aromatic carbocycles. The van der Waals surface area contributed by atoms with Crippen molar-refractivity contribution < 1.29 is 14.5 Å². The van der Waals surface area contributed by atoms with E-state index in [-0.39, 0.29) is 28.7 Å². The maximum Gasteiger partial charge on any atom is 0.270 e. The van der Waals surface area contributed by atoms with Crippen molar-refractivity contribution in [3.8, 4) is 0 Å². The van der Waals surface area contributed by atoms with E-state index in [9.17, 15) is 19.7 Å². The molecule has 0 radical (unpaired) electrons. The molecule has 0 aromatic heterocycles. The van der Waals surface area contributed by atoms with Crippen molar-refractivity contribution >= 4 is 29.1 Å². The number of amides is 2. The van der Waals surface area contributed by atoms with E-state index in [0.29, 0.717) is 13.0 Å². The fourth-order valence-corrected chi connectivity index (χ4v) is 1.99. The maximum atomic E-state index is 12.4. The molecule has 21 heavy (non-hydrogen) atoms. The molecular formula is C13H16ClN3O4. The van der Waals surface area contributed by atoms with E-state index >= 15 is 0 Å². The highest BCUT2D eigenvalue weighted by atomic mass is 35.5. The van der Waals surface area contributed by atoms with E-state index in [1.165, 1.54) is 24.1 Å². The number of hydrogen-bond donors (Lipinski definition) is 1. The topological polar surface area (TPSA) is 92.6 Å². The largest absolute Gasteiger partial charge is 0.358 e. The summed E-state index contributed by atoms with van der Waals surface area (Å²) >= 11 is 5.93. The van der Waals surface area contributed by atoms with Crippen LogP contribution in [-0.2, 0) is 4.79 Å². The van der Waals surface area contributed by atoms with E-state index in [1.807, 2.05) is 6.92 Å². The quantitative estimate of drug-likeness (QED) is 0.640. The molecule has 0 aliphatic rings. The number of halogens is 1. The van der Waals surface area contributed by atoms with Gasteiger partial charge in [-0.05, 0) is 12.5 Å². The van der Waals surface area contributed by atoms with Crippen LogP contribution in [0.15, 0.2) is 18.2 Å². The number of hydrogen-bond acceptors (Lipinski definition) is 4. The molecule has 0 spiro atoms. The van der Waals surface area contributed by atoms with Crippen LogP contribution in [0.5, 0.6) is 0 Å². The third kappa shape index (κ3) is 4.42. The minimum atomic E-state index is -0.589. The van der Waals surface area contributed by atoms with Crippen LogP contribution in [0.25, 0.3) is 0 Å². The average molecular weight is 314 g/mol. The number of nitro groups is 1. The van der Waals surface area contributed by atoms with Gasteiger partial charge in [0.25, 0.3) is 11.6 Å². The zero-order valence-corrected chi connectivity index (χ0v) is 12.5. The zero-order chi connectivity index (χ0) is 16.0. The van der Waals surface area contributed by atoms with Crippen LogP contribution < -0.4 is 5.32 Å². The maximum absolute atomic E-state index is 12.4. The van der Waals surface area contributed by atoms with E-state index in [1.54, 1.807) is 0 Å². The number of nitro benzene ring substituents is 1. The molecule has 1 aromatic rings. The molecule has 2 amide bonds. The monoisotopic (exact) mass is 313 g/mol. The van der Waals surface area contributed by atoms with Gasteiger partial charge in [-0.15, -0.1) is 0 Å². The lowest BCUT2D eigenvalue weighted by atomic mass is 10.1. The first kappa shape index (κ1) is 16.9. The number of rotatable bonds is 6. The molecule has 0 saturated carbocycles. The van der Waals surface area contributed by atoms with Gasteiger partial charge in [0.2, 0.25) is 5.91 Å². The highest BCUT2D eigenvalue weighted by Gasteiger charge is 2.21. The van der Waals surface area contributed by atoms with Crippen LogP contribution in [0.2, 0.25) is 5.02 Å². The van der Waals surface area contributed by atoms with Gasteiger partial charge in [0, 0.05) is 25.7 Å². The summed E-state index contributed by atoms with van der Waals surface area (Å²) in [4.78, 5) is 35.2. The van der Waals surface area contributed by atoms with E-state index in [2.05, 4.69) is 5.32 Å². The number of carbonyl (C=O) groups excluding carboxylic acids is 2. The molecule has 1 rings (SSSR count). The van der Waals surface area contributed by atoms with E-state index in [0.717, 1.165) is 6.07 Å². The highest BCUT2D eigenvalue weighted by Crippen LogP contribution is 2.23. The summed E-state index contributed by atoms with van der Waals surface area (Å²) in [5, 5.41) is 13.1. The second-order valence-electron chi connectivity index (χ2n) is 4.32. The van der Waals surface area contributed by atoms with Gasteiger partial charge in [0.05, 0.1) is 22.1 Å². The molecule has 0 aliphatic carbocycles. The smallest absolute Gasteiger partial charge is 0.270 e. The molecule has 0 fully saturated rings. The van der Waals surface area contributed by atoms with E-state index in [4.69, 9.17) is 11.6 Å². The lowest BCUT2D eigenvalue weighted by molar-refractivity contribution is -0.384. The Labute approximate surface area is 127 Å². The Morgan fingerprint density at radius 3 is 2.57 bits per heavy atom. The molecule has 0 unspecified atom stereocenters. The summed E-state index contributed by atoms with van der Waals surface area (Å²) < 4.78 is 0. The van der Waals surface area contributed by atoms with Gasteiger partial charge in [0.1, 0.15) is 0 Å². The van der Waals surface area contributed by atoms with Gasteiger partial charge in [-0.25, -0.2) is 0 Å². The average Bonchev–Trinajstić information content (AvgIpc) is 2.45. The van der Waals surface area contributed by atoms with Gasteiger partial charge < -0.3 is 10.2 Å². The summed E-state index contributed by atoms with van der Waals surface area (Å²) in [6, 6.07) is 3.64.